The summed E-state index contributed by atoms with van der Waals surface area (Å²) in [6, 6.07) is 65.0. The zero-order chi connectivity index (χ0) is 25.8. The van der Waals surface area contributed by atoms with E-state index in [-0.39, 0.29) is 31.4 Å². The van der Waals surface area contributed by atoms with Gasteiger partial charge in [0, 0.05) is 0 Å². The fourth-order valence-electron chi connectivity index (χ4n) is 4.63. The van der Waals surface area contributed by atoms with Gasteiger partial charge in [0.25, 0.3) is 0 Å². The summed E-state index contributed by atoms with van der Waals surface area (Å²) in [6.45, 7) is 0. The molecule has 6 aromatic rings. The van der Waals surface area contributed by atoms with E-state index in [0.717, 1.165) is 0 Å². The molecular formula is C36H38O2P2Pd+6. The van der Waals surface area contributed by atoms with Crippen LogP contribution in [-0.4, -0.2) is 0 Å². The molecule has 0 saturated carbocycles. The second kappa shape index (κ2) is 18.2. The van der Waals surface area contributed by atoms with Crippen LogP contribution in [0.15, 0.2) is 182 Å². The summed E-state index contributed by atoms with van der Waals surface area (Å²) in [7, 11) is -1.75. The van der Waals surface area contributed by atoms with Gasteiger partial charge in [-0.2, -0.15) is 0 Å². The van der Waals surface area contributed by atoms with E-state index in [9.17, 15) is 0 Å². The van der Waals surface area contributed by atoms with Crippen LogP contribution in [0.5, 0.6) is 0 Å². The van der Waals surface area contributed by atoms with Crippen molar-refractivity contribution in [2.75, 3.05) is 0 Å². The molecule has 6 aromatic carbocycles. The summed E-state index contributed by atoms with van der Waals surface area (Å²) >= 11 is 0. The minimum absolute atomic E-state index is 0. The van der Waals surface area contributed by atoms with Gasteiger partial charge in [-0.15, -0.1) is 0 Å². The molecule has 5 heteroatoms. The Morgan fingerprint density at radius 2 is 0.341 bits per heavy atom. The first-order chi connectivity index (χ1) is 18.9. The van der Waals surface area contributed by atoms with E-state index < -0.39 is 15.8 Å². The van der Waals surface area contributed by atoms with Crippen molar-refractivity contribution < 1.29 is 31.4 Å². The Bertz CT molecular complexity index is 1180. The molecule has 0 aliphatic carbocycles. The minimum Gasteiger partial charge on any atom is -0.457 e. The SMILES string of the molecule is [OH3+].[OH3+].[Pd+2].c1ccc([PH+](c2ccccc2)c2ccccc2)cc1.c1ccc([PH+](c2ccccc2)c2ccccc2)cc1. The van der Waals surface area contributed by atoms with Crippen molar-refractivity contribution in [1.82, 2.24) is 0 Å². The maximum Gasteiger partial charge on any atom is 2.00 e. The van der Waals surface area contributed by atoms with Gasteiger partial charge in [-0.3, -0.25) is 0 Å². The van der Waals surface area contributed by atoms with Gasteiger partial charge in [-0.05, 0) is 72.8 Å². The van der Waals surface area contributed by atoms with E-state index in [2.05, 4.69) is 182 Å². The normalized spacial score (nSPS) is 9.80. The summed E-state index contributed by atoms with van der Waals surface area (Å²) in [6.07, 6.45) is 0. The molecule has 41 heavy (non-hydrogen) atoms. The predicted molar refractivity (Wildman–Crippen MR) is 183 cm³/mol. The van der Waals surface area contributed by atoms with E-state index in [1.807, 2.05) is 0 Å². The van der Waals surface area contributed by atoms with Crippen molar-refractivity contribution in [3.8, 4) is 0 Å². The molecule has 0 fully saturated rings. The van der Waals surface area contributed by atoms with Crippen LogP contribution in [0, 0.1) is 0 Å². The molecular weight excluding hydrogens is 633 g/mol. The van der Waals surface area contributed by atoms with Crippen LogP contribution in [0.3, 0.4) is 0 Å². The van der Waals surface area contributed by atoms with E-state index >= 15 is 0 Å². The second-order valence-electron chi connectivity index (χ2n) is 8.95. The smallest absolute Gasteiger partial charge is 0.457 e. The third-order valence-electron chi connectivity index (χ3n) is 6.37. The van der Waals surface area contributed by atoms with Crippen molar-refractivity contribution in [2.24, 2.45) is 0 Å². The third-order valence-corrected chi connectivity index (χ3v) is 11.8. The Labute approximate surface area is 259 Å². The Morgan fingerprint density at radius 1 is 0.220 bits per heavy atom. The van der Waals surface area contributed by atoms with Crippen LogP contribution in [0.25, 0.3) is 0 Å². The maximum atomic E-state index is 2.24. The van der Waals surface area contributed by atoms with Gasteiger partial charge < -0.3 is 11.0 Å². The molecule has 0 spiro atoms. The first-order valence-electron chi connectivity index (χ1n) is 13.0. The zero-order valence-corrected chi connectivity index (χ0v) is 26.3. The number of hydrogen-bond donors (Lipinski definition) is 0. The molecule has 208 valence electrons. The molecule has 0 atom stereocenters. The van der Waals surface area contributed by atoms with Crippen molar-refractivity contribution in [1.29, 1.82) is 0 Å². The molecule has 2 nitrogen and oxygen atoms in total. The summed E-state index contributed by atoms with van der Waals surface area (Å²) in [5.74, 6) is 0. The van der Waals surface area contributed by atoms with E-state index in [1.54, 1.807) is 0 Å². The van der Waals surface area contributed by atoms with Gasteiger partial charge in [0.2, 0.25) is 0 Å². The van der Waals surface area contributed by atoms with Crippen LogP contribution in [-0.2, 0) is 31.4 Å². The van der Waals surface area contributed by atoms with E-state index in [0.29, 0.717) is 0 Å². The topological polar surface area (TPSA) is 66.0 Å². The average Bonchev–Trinajstić information content (AvgIpc) is 3.01. The second-order valence-corrected chi connectivity index (χ2v) is 13.9. The monoisotopic (exact) mass is 670 g/mol. The molecule has 0 unspecified atom stereocenters. The Hall–Kier alpha value is -3.24. The largest absolute Gasteiger partial charge is 2.00 e. The molecule has 0 bridgehead atoms. The first kappa shape index (κ1) is 34.0. The molecule has 0 aliphatic heterocycles. The van der Waals surface area contributed by atoms with Crippen LogP contribution in [0.2, 0.25) is 0 Å². The molecule has 0 radical (unpaired) electrons. The quantitative estimate of drug-likeness (QED) is 0.142. The molecule has 0 aromatic heterocycles. The van der Waals surface area contributed by atoms with Crippen LogP contribution in [0.4, 0.5) is 0 Å². The van der Waals surface area contributed by atoms with Crippen molar-refractivity contribution in [3.63, 3.8) is 0 Å². The van der Waals surface area contributed by atoms with Gasteiger partial charge in [-0.1, -0.05) is 109 Å². The Morgan fingerprint density at radius 3 is 0.463 bits per heavy atom. The molecule has 6 rings (SSSR count). The van der Waals surface area contributed by atoms with Gasteiger partial charge in [0.15, 0.2) is 0 Å². The molecule has 6 N–H and O–H groups in total. The Balaban J connectivity index is 0.000000267. The number of benzene rings is 6. The maximum absolute atomic E-state index is 2.24. The summed E-state index contributed by atoms with van der Waals surface area (Å²) in [4.78, 5) is 0. The average molecular weight is 671 g/mol. The number of hydrogen-bond acceptors (Lipinski definition) is 0. The molecule has 0 heterocycles. The van der Waals surface area contributed by atoms with Crippen LogP contribution in [0.1, 0.15) is 0 Å². The van der Waals surface area contributed by atoms with Crippen molar-refractivity contribution >= 4 is 47.7 Å². The minimum atomic E-state index is -0.877. The molecule has 0 aliphatic rings. The van der Waals surface area contributed by atoms with Gasteiger partial charge >= 0.3 is 20.4 Å². The zero-order valence-electron chi connectivity index (χ0n) is 22.8. The van der Waals surface area contributed by atoms with E-state index in [1.165, 1.54) is 31.8 Å². The van der Waals surface area contributed by atoms with E-state index in [4.69, 9.17) is 0 Å². The number of rotatable bonds is 6. The predicted octanol–water partition coefficient (Wildman–Crippen LogP) is 4.51. The van der Waals surface area contributed by atoms with Crippen molar-refractivity contribution in [2.45, 2.75) is 0 Å². The fourth-order valence-corrected chi connectivity index (χ4v) is 9.78. The standard InChI is InChI=1S/2C18H15P.2H2O.Pd/c2*1-4-10-16(11-5-1)19(17-12-6-2-7-13-17)18-14-8-3-9-15-18;;;/h2*1-15H;2*1H2;/q;;;;+2/p+4. The summed E-state index contributed by atoms with van der Waals surface area (Å²) in [5.41, 5.74) is 0. The van der Waals surface area contributed by atoms with Gasteiger partial charge in [0.05, 0.1) is 15.8 Å². The third kappa shape index (κ3) is 9.40. The van der Waals surface area contributed by atoms with Gasteiger partial charge in [0.1, 0.15) is 31.8 Å². The van der Waals surface area contributed by atoms with Crippen LogP contribution >= 0.6 is 15.8 Å². The summed E-state index contributed by atoms with van der Waals surface area (Å²) in [5, 5.41) is 8.61. The fraction of sp³-hybridized carbons (Fsp3) is 0. The Kier molecular flexibility index (Phi) is 15.1. The molecule has 0 saturated heterocycles. The summed E-state index contributed by atoms with van der Waals surface area (Å²) < 4.78 is 0. The van der Waals surface area contributed by atoms with Gasteiger partial charge in [-0.25, -0.2) is 0 Å². The van der Waals surface area contributed by atoms with Crippen LogP contribution < -0.4 is 31.8 Å². The molecule has 0 amide bonds. The first-order valence-corrected chi connectivity index (χ1v) is 16.0. The van der Waals surface area contributed by atoms with Crippen molar-refractivity contribution in [3.05, 3.63) is 182 Å².